The summed E-state index contributed by atoms with van der Waals surface area (Å²) >= 11 is 1.53. The highest BCUT2D eigenvalue weighted by Crippen LogP contribution is 2.34. The van der Waals surface area contributed by atoms with Crippen molar-refractivity contribution in [2.75, 3.05) is 13.2 Å². The second-order valence-electron chi connectivity index (χ2n) is 8.20. The molecule has 3 aromatic rings. The van der Waals surface area contributed by atoms with E-state index >= 15 is 0 Å². The Morgan fingerprint density at radius 1 is 0.889 bits per heavy atom. The van der Waals surface area contributed by atoms with Gasteiger partial charge in [0.05, 0.1) is 18.9 Å². The molecular weight excluding hydrogens is 476 g/mol. The standard InChI is InChI=1S/C26H34N6O3S/c1-2-3-7-22-23(30-26(36-22)31-25(28)29)18-8-12-20(13-9-18)34-16-5-4-6-17-35-21-14-10-19(11-15-21)24(27)32-33/h8-15,33H,2-7,16-17H2,1H3,(H2,27,32)(H4,28,29,30,31). The molecule has 0 saturated heterocycles. The van der Waals surface area contributed by atoms with Crippen LogP contribution in [-0.2, 0) is 6.42 Å². The van der Waals surface area contributed by atoms with E-state index in [-0.39, 0.29) is 11.8 Å². The van der Waals surface area contributed by atoms with E-state index in [2.05, 4.69) is 22.1 Å². The molecule has 0 amide bonds. The van der Waals surface area contributed by atoms with Gasteiger partial charge in [-0.05, 0) is 80.6 Å². The van der Waals surface area contributed by atoms with Crippen molar-refractivity contribution >= 4 is 28.3 Å². The molecule has 3 rings (SSSR count). The van der Waals surface area contributed by atoms with Gasteiger partial charge in [-0.25, -0.2) is 4.98 Å². The zero-order valence-corrected chi connectivity index (χ0v) is 21.3. The van der Waals surface area contributed by atoms with Crippen LogP contribution in [0.5, 0.6) is 11.5 Å². The monoisotopic (exact) mass is 510 g/mol. The smallest absolute Gasteiger partial charge is 0.213 e. The van der Waals surface area contributed by atoms with Crippen LogP contribution in [-0.4, -0.2) is 35.2 Å². The first-order valence-corrected chi connectivity index (χ1v) is 12.8. The fourth-order valence-corrected chi connectivity index (χ4v) is 4.49. The summed E-state index contributed by atoms with van der Waals surface area (Å²) in [6.45, 7) is 3.43. The number of nitrogens with zero attached hydrogens (tertiary/aromatic N) is 3. The van der Waals surface area contributed by atoms with Gasteiger partial charge in [0, 0.05) is 16.0 Å². The largest absolute Gasteiger partial charge is 0.494 e. The van der Waals surface area contributed by atoms with E-state index in [4.69, 9.17) is 31.9 Å². The molecule has 1 heterocycles. The first-order chi connectivity index (χ1) is 17.5. The number of thiazole rings is 1. The number of hydrogen-bond donors (Lipinski definition) is 4. The molecule has 0 bridgehead atoms. The zero-order valence-electron chi connectivity index (χ0n) is 20.5. The molecule has 1 aromatic heterocycles. The fraction of sp³-hybridized carbons (Fsp3) is 0.346. The Labute approximate surface area is 215 Å². The van der Waals surface area contributed by atoms with Crippen LogP contribution in [0.2, 0.25) is 0 Å². The van der Waals surface area contributed by atoms with Crippen LogP contribution in [0.1, 0.15) is 49.5 Å². The Bertz CT molecular complexity index is 1140. The number of hydrogen-bond acceptors (Lipinski definition) is 7. The summed E-state index contributed by atoms with van der Waals surface area (Å²) in [6.07, 6.45) is 5.99. The normalized spacial score (nSPS) is 11.3. The number of oxime groups is 1. The van der Waals surface area contributed by atoms with Gasteiger partial charge in [0.15, 0.2) is 11.8 Å². The maximum Gasteiger partial charge on any atom is 0.213 e. The van der Waals surface area contributed by atoms with Gasteiger partial charge in [-0.15, -0.1) is 0 Å². The van der Waals surface area contributed by atoms with Gasteiger partial charge in [-0.3, -0.25) is 0 Å². The number of nitrogens with two attached hydrogens (primary N) is 3. The van der Waals surface area contributed by atoms with Crippen LogP contribution >= 0.6 is 11.3 Å². The Morgan fingerprint density at radius 3 is 2.06 bits per heavy atom. The number of guanidine groups is 1. The Kier molecular flexibility index (Phi) is 10.4. The third-order valence-electron chi connectivity index (χ3n) is 5.38. The van der Waals surface area contributed by atoms with Crippen molar-refractivity contribution in [2.45, 2.75) is 45.4 Å². The lowest BCUT2D eigenvalue weighted by Gasteiger charge is -2.09. The first kappa shape index (κ1) is 26.8. The summed E-state index contributed by atoms with van der Waals surface area (Å²) in [5.41, 5.74) is 19.2. The number of aryl methyl sites for hydroxylation is 1. The predicted molar refractivity (Wildman–Crippen MR) is 145 cm³/mol. The number of rotatable bonds is 14. The summed E-state index contributed by atoms with van der Waals surface area (Å²) < 4.78 is 11.6. The average Bonchev–Trinajstić information content (AvgIpc) is 3.28. The maximum atomic E-state index is 8.70. The third-order valence-corrected chi connectivity index (χ3v) is 6.39. The molecule has 0 atom stereocenters. The van der Waals surface area contributed by atoms with Crippen molar-refractivity contribution < 1.29 is 14.7 Å². The lowest BCUT2D eigenvalue weighted by Crippen LogP contribution is -2.21. The number of aliphatic imine (C=N–C) groups is 1. The molecule has 10 heteroatoms. The second-order valence-corrected chi connectivity index (χ2v) is 9.26. The number of amidine groups is 1. The maximum absolute atomic E-state index is 8.70. The van der Waals surface area contributed by atoms with Gasteiger partial charge in [-0.2, -0.15) is 4.99 Å². The summed E-state index contributed by atoms with van der Waals surface area (Å²) in [5, 5.41) is 12.3. The molecule has 0 unspecified atom stereocenters. The van der Waals surface area contributed by atoms with E-state index in [1.807, 2.05) is 24.3 Å². The second kappa shape index (κ2) is 13.9. The van der Waals surface area contributed by atoms with Gasteiger partial charge in [0.2, 0.25) is 5.13 Å². The molecule has 0 fully saturated rings. The van der Waals surface area contributed by atoms with Crippen LogP contribution in [0.15, 0.2) is 58.7 Å². The van der Waals surface area contributed by atoms with Crippen LogP contribution in [0.3, 0.4) is 0 Å². The average molecular weight is 511 g/mol. The predicted octanol–water partition coefficient (Wildman–Crippen LogP) is 4.78. The van der Waals surface area contributed by atoms with E-state index in [1.165, 1.54) is 16.2 Å². The van der Waals surface area contributed by atoms with E-state index in [0.29, 0.717) is 23.9 Å². The summed E-state index contributed by atoms with van der Waals surface area (Å²) in [6, 6.07) is 15.1. The summed E-state index contributed by atoms with van der Waals surface area (Å²) in [4.78, 5) is 9.95. The molecule has 9 nitrogen and oxygen atoms in total. The first-order valence-electron chi connectivity index (χ1n) is 12.0. The Hall–Kier alpha value is -3.79. The SMILES string of the molecule is CCCCc1sc(N=C(N)N)nc1-c1ccc(OCCCCCOc2ccc(/C(N)=N/O)cc2)cc1. The quantitative estimate of drug-likeness (QED) is 0.0799. The highest BCUT2D eigenvalue weighted by Gasteiger charge is 2.13. The van der Waals surface area contributed by atoms with E-state index in [0.717, 1.165) is 61.3 Å². The zero-order chi connectivity index (χ0) is 25.8. The van der Waals surface area contributed by atoms with Crippen molar-refractivity contribution in [1.29, 1.82) is 0 Å². The third kappa shape index (κ3) is 8.16. The lowest BCUT2D eigenvalue weighted by atomic mass is 10.1. The number of ether oxygens (including phenoxy) is 2. The van der Waals surface area contributed by atoms with Crippen LogP contribution < -0.4 is 26.7 Å². The van der Waals surface area contributed by atoms with Crippen molar-refractivity contribution in [3.63, 3.8) is 0 Å². The van der Waals surface area contributed by atoms with Gasteiger partial charge in [0.25, 0.3) is 0 Å². The van der Waals surface area contributed by atoms with Crippen molar-refractivity contribution in [3.8, 4) is 22.8 Å². The molecule has 0 radical (unpaired) electrons. The van der Waals surface area contributed by atoms with Gasteiger partial charge in [-0.1, -0.05) is 29.8 Å². The minimum Gasteiger partial charge on any atom is -0.494 e. The number of aromatic nitrogens is 1. The van der Waals surface area contributed by atoms with E-state index < -0.39 is 0 Å². The molecule has 36 heavy (non-hydrogen) atoms. The molecule has 0 aliphatic carbocycles. The Morgan fingerprint density at radius 2 is 1.50 bits per heavy atom. The Balaban J connectivity index is 1.41. The molecule has 0 spiro atoms. The van der Waals surface area contributed by atoms with Gasteiger partial charge in [0.1, 0.15) is 11.5 Å². The van der Waals surface area contributed by atoms with E-state index in [1.54, 1.807) is 24.3 Å². The molecule has 0 aliphatic rings. The summed E-state index contributed by atoms with van der Waals surface area (Å²) in [7, 11) is 0. The van der Waals surface area contributed by atoms with E-state index in [9.17, 15) is 0 Å². The molecule has 0 saturated carbocycles. The highest BCUT2D eigenvalue weighted by atomic mass is 32.1. The summed E-state index contributed by atoms with van der Waals surface area (Å²) in [5.74, 6) is 1.68. The number of unbranched alkanes of at least 4 members (excludes halogenated alkanes) is 3. The van der Waals surface area contributed by atoms with Gasteiger partial charge >= 0.3 is 0 Å². The van der Waals surface area contributed by atoms with Crippen LogP contribution in [0, 0.1) is 0 Å². The van der Waals surface area contributed by atoms with Gasteiger partial charge < -0.3 is 31.9 Å². The van der Waals surface area contributed by atoms with Crippen molar-refractivity contribution in [1.82, 2.24) is 4.98 Å². The minimum atomic E-state index is 0.0154. The number of benzene rings is 2. The van der Waals surface area contributed by atoms with Crippen LogP contribution in [0.25, 0.3) is 11.3 Å². The molecule has 192 valence electrons. The molecule has 2 aromatic carbocycles. The molecule has 0 aliphatic heterocycles. The molecular formula is C26H34N6O3S. The lowest BCUT2D eigenvalue weighted by molar-refractivity contribution is 0.279. The highest BCUT2D eigenvalue weighted by molar-refractivity contribution is 7.15. The minimum absolute atomic E-state index is 0.0154. The fourth-order valence-electron chi connectivity index (χ4n) is 3.48. The molecule has 7 N–H and O–H groups in total. The van der Waals surface area contributed by atoms with Crippen molar-refractivity contribution in [2.24, 2.45) is 27.3 Å². The van der Waals surface area contributed by atoms with Crippen molar-refractivity contribution in [3.05, 3.63) is 59.0 Å². The van der Waals surface area contributed by atoms with Crippen LogP contribution in [0.4, 0.5) is 5.13 Å². The topological polar surface area (TPSA) is 154 Å².